The minimum atomic E-state index is -4.78. The van der Waals surface area contributed by atoms with E-state index in [1.165, 1.54) is 12.1 Å². The van der Waals surface area contributed by atoms with Crippen LogP contribution in [0.5, 0.6) is 5.75 Å². The van der Waals surface area contributed by atoms with Gasteiger partial charge in [-0.2, -0.15) is 0 Å². The number of ether oxygens (including phenoxy) is 1. The second kappa shape index (κ2) is 5.36. The van der Waals surface area contributed by atoms with E-state index in [-0.39, 0.29) is 16.9 Å². The number of aryl methyl sites for hydroxylation is 1. The molecule has 20 heavy (non-hydrogen) atoms. The highest BCUT2D eigenvalue weighted by Crippen LogP contribution is 2.34. The van der Waals surface area contributed by atoms with Gasteiger partial charge in [0, 0.05) is 11.1 Å². The number of alkyl halides is 3. The highest BCUT2D eigenvalue weighted by molar-refractivity contribution is 5.81. The first-order valence-corrected chi connectivity index (χ1v) is 5.81. The highest BCUT2D eigenvalue weighted by Gasteiger charge is 2.32. The maximum absolute atomic E-state index is 12.4. The third kappa shape index (κ3) is 3.38. The number of benzene rings is 2. The van der Waals surface area contributed by atoms with Crippen molar-refractivity contribution in [1.82, 2.24) is 0 Å². The third-order valence-corrected chi connectivity index (χ3v) is 2.73. The average molecular weight is 280 g/mol. The first-order chi connectivity index (χ1) is 9.39. The molecule has 0 bridgehead atoms. The van der Waals surface area contributed by atoms with Gasteiger partial charge in [0.15, 0.2) is 0 Å². The minimum absolute atomic E-state index is 0.229. The molecule has 2 aromatic rings. The molecule has 0 heterocycles. The molecular formula is C15H11F3O2. The summed E-state index contributed by atoms with van der Waals surface area (Å²) in [4.78, 5) is 10.8. The van der Waals surface area contributed by atoms with Crippen LogP contribution in [0.3, 0.4) is 0 Å². The summed E-state index contributed by atoms with van der Waals surface area (Å²) in [5, 5.41) is 0. The fourth-order valence-corrected chi connectivity index (χ4v) is 1.79. The van der Waals surface area contributed by atoms with Crippen LogP contribution >= 0.6 is 0 Å². The van der Waals surface area contributed by atoms with E-state index in [2.05, 4.69) is 4.74 Å². The second-order valence-corrected chi connectivity index (χ2v) is 4.29. The fraction of sp³-hybridized carbons (Fsp3) is 0.133. The first kappa shape index (κ1) is 14.1. The smallest absolute Gasteiger partial charge is 0.405 e. The van der Waals surface area contributed by atoms with E-state index in [9.17, 15) is 18.0 Å². The Morgan fingerprint density at radius 2 is 1.70 bits per heavy atom. The van der Waals surface area contributed by atoms with Crippen molar-refractivity contribution >= 4 is 6.29 Å². The number of aldehydes is 1. The van der Waals surface area contributed by atoms with Gasteiger partial charge in [-0.15, -0.1) is 13.2 Å². The van der Waals surface area contributed by atoms with E-state index in [1.54, 1.807) is 24.3 Å². The summed E-state index contributed by atoms with van der Waals surface area (Å²) in [6.07, 6.45) is -4.20. The van der Waals surface area contributed by atoms with Gasteiger partial charge in [-0.3, -0.25) is 4.79 Å². The highest BCUT2D eigenvalue weighted by atomic mass is 19.4. The molecule has 0 radical (unpaired) electrons. The van der Waals surface area contributed by atoms with Crippen LogP contribution in [0.15, 0.2) is 42.5 Å². The summed E-state index contributed by atoms with van der Waals surface area (Å²) in [5.74, 6) is -0.327. The van der Waals surface area contributed by atoms with E-state index >= 15 is 0 Å². The third-order valence-electron chi connectivity index (χ3n) is 2.73. The van der Waals surface area contributed by atoms with Crippen molar-refractivity contribution in [2.45, 2.75) is 13.3 Å². The summed E-state index contributed by atoms with van der Waals surface area (Å²) >= 11 is 0. The molecule has 0 unspecified atom stereocenters. The van der Waals surface area contributed by atoms with Gasteiger partial charge < -0.3 is 4.74 Å². The van der Waals surface area contributed by atoms with Crippen LogP contribution in [0.1, 0.15) is 15.9 Å². The van der Waals surface area contributed by atoms with Crippen molar-refractivity contribution < 1.29 is 22.7 Å². The number of hydrogen-bond donors (Lipinski definition) is 0. The molecule has 0 aliphatic rings. The normalized spacial score (nSPS) is 11.2. The lowest BCUT2D eigenvalue weighted by molar-refractivity contribution is -0.274. The molecule has 0 aliphatic carbocycles. The van der Waals surface area contributed by atoms with Gasteiger partial charge in [-0.1, -0.05) is 29.8 Å². The van der Waals surface area contributed by atoms with Crippen LogP contribution in [0.25, 0.3) is 11.1 Å². The van der Waals surface area contributed by atoms with Crippen molar-refractivity contribution in [2.24, 2.45) is 0 Å². The predicted molar refractivity (Wildman–Crippen MR) is 68.7 cm³/mol. The molecule has 104 valence electrons. The topological polar surface area (TPSA) is 26.3 Å². The SMILES string of the molecule is Cc1ccc(-c2cc(C=O)ccc2OC(F)(F)F)cc1. The van der Waals surface area contributed by atoms with Crippen molar-refractivity contribution in [3.05, 3.63) is 53.6 Å². The van der Waals surface area contributed by atoms with Gasteiger partial charge in [0.2, 0.25) is 0 Å². The minimum Gasteiger partial charge on any atom is -0.405 e. The van der Waals surface area contributed by atoms with E-state index < -0.39 is 6.36 Å². The van der Waals surface area contributed by atoms with Gasteiger partial charge in [0.25, 0.3) is 0 Å². The summed E-state index contributed by atoms with van der Waals surface area (Å²) in [5.41, 5.74) is 2.05. The molecular weight excluding hydrogens is 269 g/mol. The molecule has 0 aromatic heterocycles. The lowest BCUT2D eigenvalue weighted by atomic mass is 10.0. The molecule has 0 saturated carbocycles. The molecule has 0 aliphatic heterocycles. The van der Waals surface area contributed by atoms with Gasteiger partial charge in [-0.05, 0) is 30.7 Å². The summed E-state index contributed by atoms with van der Waals surface area (Å²) in [6.45, 7) is 1.87. The molecule has 0 N–H and O–H groups in total. The van der Waals surface area contributed by atoms with Crippen LogP contribution in [0.4, 0.5) is 13.2 Å². The van der Waals surface area contributed by atoms with Crippen LogP contribution in [-0.2, 0) is 0 Å². The Balaban J connectivity index is 2.52. The average Bonchev–Trinajstić information content (AvgIpc) is 2.38. The maximum atomic E-state index is 12.4. The summed E-state index contributed by atoms with van der Waals surface area (Å²) in [7, 11) is 0. The van der Waals surface area contributed by atoms with Crippen LogP contribution in [-0.4, -0.2) is 12.6 Å². The lowest BCUT2D eigenvalue weighted by Crippen LogP contribution is -2.17. The largest absolute Gasteiger partial charge is 0.573 e. The molecule has 2 rings (SSSR count). The number of carbonyl (C=O) groups excluding carboxylic acids is 1. The zero-order valence-corrected chi connectivity index (χ0v) is 10.6. The molecule has 5 heteroatoms. The summed E-state index contributed by atoms with van der Waals surface area (Å²) in [6, 6.07) is 10.7. The van der Waals surface area contributed by atoms with Gasteiger partial charge in [0.05, 0.1) is 0 Å². The standard InChI is InChI=1S/C15H11F3O2/c1-10-2-5-12(6-3-10)13-8-11(9-19)4-7-14(13)20-15(16,17)18/h2-9H,1H3. The molecule has 0 amide bonds. The molecule has 0 spiro atoms. The number of hydrogen-bond acceptors (Lipinski definition) is 2. The van der Waals surface area contributed by atoms with E-state index in [4.69, 9.17) is 0 Å². The Bertz CT molecular complexity index is 616. The van der Waals surface area contributed by atoms with Crippen LogP contribution in [0, 0.1) is 6.92 Å². The Hall–Kier alpha value is -2.30. The second-order valence-electron chi connectivity index (χ2n) is 4.29. The maximum Gasteiger partial charge on any atom is 0.573 e. The first-order valence-electron chi connectivity index (χ1n) is 5.81. The predicted octanol–water partition coefficient (Wildman–Crippen LogP) is 4.37. The van der Waals surface area contributed by atoms with Crippen molar-refractivity contribution in [3.8, 4) is 16.9 Å². The number of halogens is 3. The van der Waals surface area contributed by atoms with Crippen molar-refractivity contribution in [2.75, 3.05) is 0 Å². The number of rotatable bonds is 3. The van der Waals surface area contributed by atoms with Crippen LogP contribution < -0.4 is 4.74 Å². The molecule has 2 nitrogen and oxygen atoms in total. The Morgan fingerprint density at radius 3 is 2.25 bits per heavy atom. The Labute approximate surface area is 113 Å². The Morgan fingerprint density at radius 1 is 1.05 bits per heavy atom. The Kier molecular flexibility index (Phi) is 3.79. The van der Waals surface area contributed by atoms with Crippen molar-refractivity contribution in [3.63, 3.8) is 0 Å². The van der Waals surface area contributed by atoms with Gasteiger partial charge in [-0.25, -0.2) is 0 Å². The molecule has 0 saturated heterocycles. The monoisotopic (exact) mass is 280 g/mol. The molecule has 2 aromatic carbocycles. The fourth-order valence-electron chi connectivity index (χ4n) is 1.79. The molecule has 0 atom stereocenters. The summed E-state index contributed by atoms with van der Waals surface area (Å²) < 4.78 is 41.2. The zero-order valence-electron chi connectivity index (χ0n) is 10.6. The van der Waals surface area contributed by atoms with E-state index in [0.717, 1.165) is 11.6 Å². The zero-order chi connectivity index (χ0) is 14.8. The van der Waals surface area contributed by atoms with Crippen molar-refractivity contribution in [1.29, 1.82) is 0 Å². The van der Waals surface area contributed by atoms with Crippen LogP contribution in [0.2, 0.25) is 0 Å². The van der Waals surface area contributed by atoms with E-state index in [1.807, 2.05) is 6.92 Å². The molecule has 0 fully saturated rings. The quantitative estimate of drug-likeness (QED) is 0.780. The van der Waals surface area contributed by atoms with Gasteiger partial charge in [0.1, 0.15) is 12.0 Å². The van der Waals surface area contributed by atoms with E-state index in [0.29, 0.717) is 11.8 Å². The van der Waals surface area contributed by atoms with Gasteiger partial charge >= 0.3 is 6.36 Å². The number of carbonyl (C=O) groups is 1. The lowest BCUT2D eigenvalue weighted by Gasteiger charge is -2.14.